The standard InChI is InChI=1S/C16H22IN/c17-15-10-14-8-4-5-9-16(14)18(12-15)11-13-6-2-1-3-7-13/h1-3,6-7,14-16H,4-5,8-12H2/t14-,15+,16-/m0/s1. The van der Waals surface area contributed by atoms with E-state index in [4.69, 9.17) is 0 Å². The molecule has 2 fully saturated rings. The number of hydrogen-bond donors (Lipinski definition) is 0. The molecule has 0 bridgehead atoms. The summed E-state index contributed by atoms with van der Waals surface area (Å²) in [5.41, 5.74) is 1.48. The van der Waals surface area contributed by atoms with Gasteiger partial charge in [-0.1, -0.05) is 65.8 Å². The highest BCUT2D eigenvalue weighted by Gasteiger charge is 2.36. The van der Waals surface area contributed by atoms with Gasteiger partial charge in [-0.25, -0.2) is 0 Å². The maximum atomic E-state index is 2.76. The SMILES string of the molecule is I[C@@H]1C[C@@H]2CCCC[C@@H]2N(Cc2ccccc2)C1. The predicted octanol–water partition coefficient (Wildman–Crippen LogP) is 4.25. The van der Waals surface area contributed by atoms with Gasteiger partial charge in [0.25, 0.3) is 0 Å². The zero-order valence-corrected chi connectivity index (χ0v) is 13.1. The molecular formula is C16H22IN. The monoisotopic (exact) mass is 355 g/mol. The Morgan fingerprint density at radius 1 is 1.11 bits per heavy atom. The number of likely N-dealkylation sites (tertiary alicyclic amines) is 1. The van der Waals surface area contributed by atoms with Gasteiger partial charge in [0.2, 0.25) is 0 Å². The second-order valence-electron chi connectivity index (χ2n) is 5.86. The van der Waals surface area contributed by atoms with Crippen LogP contribution in [0.25, 0.3) is 0 Å². The zero-order chi connectivity index (χ0) is 12.4. The smallest absolute Gasteiger partial charge is 0.0240 e. The Labute approximate surface area is 124 Å². The van der Waals surface area contributed by atoms with Crippen LogP contribution < -0.4 is 0 Å². The van der Waals surface area contributed by atoms with E-state index in [1.54, 1.807) is 0 Å². The molecule has 2 heteroatoms. The molecular weight excluding hydrogens is 333 g/mol. The van der Waals surface area contributed by atoms with Gasteiger partial charge in [0.1, 0.15) is 0 Å². The largest absolute Gasteiger partial charge is 0.295 e. The first-order valence-electron chi connectivity index (χ1n) is 7.25. The molecule has 0 spiro atoms. The molecule has 0 N–H and O–H groups in total. The van der Waals surface area contributed by atoms with Crippen molar-refractivity contribution in [3.63, 3.8) is 0 Å². The molecule has 1 aromatic carbocycles. The Balaban J connectivity index is 1.72. The van der Waals surface area contributed by atoms with Crippen molar-refractivity contribution in [2.24, 2.45) is 5.92 Å². The molecule has 1 nitrogen and oxygen atoms in total. The van der Waals surface area contributed by atoms with Crippen LogP contribution in [0.4, 0.5) is 0 Å². The van der Waals surface area contributed by atoms with E-state index in [9.17, 15) is 0 Å². The lowest BCUT2D eigenvalue weighted by Crippen LogP contribution is -2.49. The number of fused-ring (bicyclic) bond motifs is 1. The number of hydrogen-bond acceptors (Lipinski definition) is 1. The fourth-order valence-corrected chi connectivity index (χ4v) is 4.90. The summed E-state index contributed by atoms with van der Waals surface area (Å²) in [5, 5.41) is 0. The zero-order valence-electron chi connectivity index (χ0n) is 10.9. The summed E-state index contributed by atoms with van der Waals surface area (Å²) in [5.74, 6) is 0.970. The number of rotatable bonds is 2. The molecule has 1 aliphatic heterocycles. The summed E-state index contributed by atoms with van der Waals surface area (Å²) >= 11 is 2.66. The van der Waals surface area contributed by atoms with Crippen molar-refractivity contribution in [3.8, 4) is 0 Å². The van der Waals surface area contributed by atoms with Crippen LogP contribution in [0.2, 0.25) is 0 Å². The Kier molecular flexibility index (Phi) is 4.24. The van der Waals surface area contributed by atoms with Crippen LogP contribution in [0.1, 0.15) is 37.7 Å². The van der Waals surface area contributed by atoms with E-state index in [0.717, 1.165) is 22.4 Å². The minimum absolute atomic E-state index is 0.852. The van der Waals surface area contributed by atoms with Gasteiger partial charge < -0.3 is 0 Å². The lowest BCUT2D eigenvalue weighted by Gasteiger charge is -2.46. The van der Waals surface area contributed by atoms with Crippen molar-refractivity contribution in [1.29, 1.82) is 0 Å². The maximum Gasteiger partial charge on any atom is 0.0240 e. The Hall–Kier alpha value is -0.0900. The molecule has 2 aliphatic rings. The summed E-state index contributed by atoms with van der Waals surface area (Å²) in [7, 11) is 0. The van der Waals surface area contributed by atoms with Crippen LogP contribution in [0, 0.1) is 5.92 Å². The Morgan fingerprint density at radius 3 is 2.72 bits per heavy atom. The summed E-state index contributed by atoms with van der Waals surface area (Å²) < 4.78 is 0.852. The summed E-state index contributed by atoms with van der Waals surface area (Å²) in [4.78, 5) is 2.76. The van der Waals surface area contributed by atoms with Crippen molar-refractivity contribution in [2.75, 3.05) is 6.54 Å². The molecule has 3 rings (SSSR count). The second-order valence-corrected chi connectivity index (χ2v) is 7.62. The molecule has 1 aromatic rings. The molecule has 0 unspecified atom stereocenters. The van der Waals surface area contributed by atoms with Crippen molar-refractivity contribution in [3.05, 3.63) is 35.9 Å². The molecule has 0 amide bonds. The van der Waals surface area contributed by atoms with Gasteiger partial charge >= 0.3 is 0 Å². The summed E-state index contributed by atoms with van der Waals surface area (Å²) in [6, 6.07) is 11.9. The molecule has 98 valence electrons. The van der Waals surface area contributed by atoms with Gasteiger partial charge in [0, 0.05) is 23.1 Å². The molecule has 1 saturated carbocycles. The number of piperidine rings is 1. The molecule has 1 heterocycles. The minimum Gasteiger partial charge on any atom is -0.295 e. The Morgan fingerprint density at radius 2 is 1.89 bits per heavy atom. The third-order valence-corrected chi connectivity index (χ3v) is 5.46. The van der Waals surface area contributed by atoms with Gasteiger partial charge in [-0.3, -0.25) is 4.90 Å². The maximum absolute atomic E-state index is 2.76. The van der Waals surface area contributed by atoms with Crippen LogP contribution in [0.3, 0.4) is 0 Å². The van der Waals surface area contributed by atoms with E-state index in [0.29, 0.717) is 0 Å². The lowest BCUT2D eigenvalue weighted by molar-refractivity contribution is 0.0610. The third kappa shape index (κ3) is 2.90. The first-order chi connectivity index (χ1) is 8.83. The van der Waals surface area contributed by atoms with E-state index in [1.165, 1.54) is 44.2 Å². The fourth-order valence-electron chi connectivity index (χ4n) is 3.74. The van der Waals surface area contributed by atoms with E-state index in [-0.39, 0.29) is 0 Å². The van der Waals surface area contributed by atoms with Crippen molar-refractivity contribution in [2.45, 2.75) is 48.6 Å². The highest BCUT2D eigenvalue weighted by molar-refractivity contribution is 14.1. The van der Waals surface area contributed by atoms with Crippen molar-refractivity contribution < 1.29 is 0 Å². The van der Waals surface area contributed by atoms with Crippen LogP contribution in [-0.4, -0.2) is 21.4 Å². The van der Waals surface area contributed by atoms with Crippen LogP contribution in [-0.2, 0) is 6.54 Å². The quantitative estimate of drug-likeness (QED) is 0.566. The van der Waals surface area contributed by atoms with E-state index in [2.05, 4.69) is 57.8 Å². The highest BCUT2D eigenvalue weighted by Crippen LogP contribution is 2.38. The van der Waals surface area contributed by atoms with Crippen molar-refractivity contribution in [1.82, 2.24) is 4.90 Å². The molecule has 18 heavy (non-hydrogen) atoms. The number of benzene rings is 1. The molecule has 1 aliphatic carbocycles. The van der Waals surface area contributed by atoms with Gasteiger partial charge in [0.05, 0.1) is 0 Å². The van der Waals surface area contributed by atoms with E-state index >= 15 is 0 Å². The fraction of sp³-hybridized carbons (Fsp3) is 0.625. The van der Waals surface area contributed by atoms with Gasteiger partial charge in [-0.15, -0.1) is 0 Å². The summed E-state index contributed by atoms with van der Waals surface area (Å²) in [6.45, 7) is 2.44. The van der Waals surface area contributed by atoms with Gasteiger partial charge in [0.15, 0.2) is 0 Å². The first kappa shape index (κ1) is 12.9. The average Bonchev–Trinajstić information content (AvgIpc) is 2.40. The van der Waals surface area contributed by atoms with Crippen LogP contribution >= 0.6 is 22.6 Å². The third-order valence-electron chi connectivity index (χ3n) is 4.56. The second kappa shape index (κ2) is 5.91. The van der Waals surface area contributed by atoms with E-state index < -0.39 is 0 Å². The van der Waals surface area contributed by atoms with E-state index in [1.807, 2.05) is 0 Å². The van der Waals surface area contributed by atoms with Crippen LogP contribution in [0.5, 0.6) is 0 Å². The van der Waals surface area contributed by atoms with Gasteiger partial charge in [-0.05, 0) is 30.7 Å². The number of nitrogens with zero attached hydrogens (tertiary/aromatic N) is 1. The first-order valence-corrected chi connectivity index (χ1v) is 8.49. The van der Waals surface area contributed by atoms with Crippen molar-refractivity contribution >= 4 is 22.6 Å². The minimum atomic E-state index is 0.852. The number of halogens is 1. The molecule has 1 saturated heterocycles. The lowest BCUT2D eigenvalue weighted by atomic mass is 9.78. The van der Waals surface area contributed by atoms with Gasteiger partial charge in [-0.2, -0.15) is 0 Å². The predicted molar refractivity (Wildman–Crippen MR) is 85.0 cm³/mol. The summed E-state index contributed by atoms with van der Waals surface area (Å²) in [6.07, 6.45) is 7.26. The van der Waals surface area contributed by atoms with Crippen LogP contribution in [0.15, 0.2) is 30.3 Å². The molecule has 0 radical (unpaired) electrons. The highest BCUT2D eigenvalue weighted by atomic mass is 127. The number of alkyl halides is 1. The molecule has 3 atom stereocenters. The molecule has 0 aromatic heterocycles. The topological polar surface area (TPSA) is 3.24 Å². The average molecular weight is 355 g/mol. The normalized spacial score (nSPS) is 33.1. The Bertz CT molecular complexity index is 378.